The molecule has 1 aliphatic rings. The summed E-state index contributed by atoms with van der Waals surface area (Å²) < 4.78 is 0. The summed E-state index contributed by atoms with van der Waals surface area (Å²) in [5.41, 5.74) is 11.3. The number of rotatable bonds is 4. The molecule has 1 heteroatoms. The molecule has 0 unspecified atom stereocenters. The number of hydrogen-bond donors (Lipinski definition) is 0. The molecule has 0 N–H and O–H groups in total. The van der Waals surface area contributed by atoms with Crippen LogP contribution in [-0.4, -0.2) is 0 Å². The normalized spacial score (nSPS) is 13.3. The van der Waals surface area contributed by atoms with Crippen LogP contribution in [0.1, 0.15) is 36.1 Å². The van der Waals surface area contributed by atoms with Gasteiger partial charge in [0, 0.05) is 22.2 Å². The van der Waals surface area contributed by atoms with Gasteiger partial charge in [0.2, 0.25) is 0 Å². The molecule has 0 aliphatic heterocycles. The lowest BCUT2D eigenvalue weighted by atomic mass is 9.82. The highest BCUT2D eigenvalue weighted by Crippen LogP contribution is 2.51. The molecule has 1 aliphatic carbocycles. The maximum atomic E-state index is 3.93. The summed E-state index contributed by atoms with van der Waals surface area (Å²) in [6, 6.07) is 37.7. The van der Waals surface area contributed by atoms with Crippen LogP contribution in [0.2, 0.25) is 0 Å². The first-order valence-corrected chi connectivity index (χ1v) is 12.2. The van der Waals surface area contributed by atoms with Crippen LogP contribution in [0.4, 0.5) is 17.1 Å². The molecule has 0 heterocycles. The van der Waals surface area contributed by atoms with E-state index in [1.54, 1.807) is 0 Å². The summed E-state index contributed by atoms with van der Waals surface area (Å²) in [7, 11) is 0. The molecule has 0 atom stereocenters. The van der Waals surface area contributed by atoms with Crippen molar-refractivity contribution in [1.82, 2.24) is 0 Å². The van der Waals surface area contributed by atoms with Gasteiger partial charge >= 0.3 is 0 Å². The van der Waals surface area contributed by atoms with Crippen LogP contribution in [0.25, 0.3) is 28.0 Å². The first-order valence-electron chi connectivity index (χ1n) is 12.2. The van der Waals surface area contributed by atoms with Gasteiger partial charge < -0.3 is 4.90 Å². The van der Waals surface area contributed by atoms with Crippen molar-refractivity contribution in [2.75, 3.05) is 4.90 Å². The standard InChI is InChI=1S/C34H29N/c1-5-24-14-16-26(17-15-24)35(33-12-8-10-25-9-6-7-11-28(25)33)27-18-20-30-29-19-13-23(2)21-31(29)34(3,4)32(30)22-27/h5-22H,1H2,2-4H3. The van der Waals surface area contributed by atoms with E-state index >= 15 is 0 Å². The number of anilines is 3. The fourth-order valence-corrected chi connectivity index (χ4v) is 5.57. The van der Waals surface area contributed by atoms with Crippen LogP contribution < -0.4 is 4.90 Å². The lowest BCUT2D eigenvalue weighted by Gasteiger charge is -2.29. The zero-order valence-electron chi connectivity index (χ0n) is 20.5. The van der Waals surface area contributed by atoms with Gasteiger partial charge in [0.1, 0.15) is 0 Å². The van der Waals surface area contributed by atoms with Crippen LogP contribution >= 0.6 is 0 Å². The second-order valence-corrected chi connectivity index (χ2v) is 10.0. The highest BCUT2D eigenvalue weighted by Gasteiger charge is 2.36. The number of fused-ring (bicyclic) bond motifs is 4. The molecule has 0 fully saturated rings. The van der Waals surface area contributed by atoms with E-state index in [1.807, 2.05) is 6.08 Å². The third-order valence-corrected chi connectivity index (χ3v) is 7.47. The predicted octanol–water partition coefficient (Wildman–Crippen LogP) is 9.57. The molecule has 0 radical (unpaired) electrons. The molecule has 1 nitrogen and oxygen atoms in total. The van der Waals surface area contributed by atoms with Crippen molar-refractivity contribution >= 4 is 33.9 Å². The predicted molar refractivity (Wildman–Crippen MR) is 151 cm³/mol. The van der Waals surface area contributed by atoms with Gasteiger partial charge in [-0.3, -0.25) is 0 Å². The van der Waals surface area contributed by atoms with E-state index < -0.39 is 0 Å². The molecule has 5 aromatic carbocycles. The van der Waals surface area contributed by atoms with Gasteiger partial charge in [-0.05, 0) is 70.5 Å². The highest BCUT2D eigenvalue weighted by atomic mass is 15.1. The first-order chi connectivity index (χ1) is 17.0. The Labute approximate surface area is 208 Å². The molecule has 0 aromatic heterocycles. The average molecular weight is 452 g/mol. The van der Waals surface area contributed by atoms with E-state index in [9.17, 15) is 0 Å². The molecule has 0 bridgehead atoms. The van der Waals surface area contributed by atoms with Crippen molar-refractivity contribution in [2.45, 2.75) is 26.2 Å². The molecule has 5 aromatic rings. The van der Waals surface area contributed by atoms with Gasteiger partial charge in [-0.2, -0.15) is 0 Å². The van der Waals surface area contributed by atoms with E-state index in [0.717, 1.165) is 11.3 Å². The maximum absolute atomic E-state index is 3.93. The minimum Gasteiger partial charge on any atom is -0.310 e. The van der Waals surface area contributed by atoms with E-state index in [4.69, 9.17) is 0 Å². The SMILES string of the molecule is C=Cc1ccc(N(c2ccc3c(c2)C(C)(C)c2cc(C)ccc2-3)c2cccc3ccccc23)cc1. The Bertz CT molecular complexity index is 1580. The Kier molecular flexibility index (Phi) is 4.89. The quantitative estimate of drug-likeness (QED) is 0.263. The van der Waals surface area contributed by atoms with Gasteiger partial charge in [0.05, 0.1) is 5.69 Å². The van der Waals surface area contributed by atoms with Gasteiger partial charge in [-0.1, -0.05) is 105 Å². The lowest BCUT2D eigenvalue weighted by molar-refractivity contribution is 0.660. The van der Waals surface area contributed by atoms with Crippen LogP contribution in [0, 0.1) is 6.92 Å². The molecule has 0 spiro atoms. The topological polar surface area (TPSA) is 3.24 Å². The average Bonchev–Trinajstić information content (AvgIpc) is 3.10. The van der Waals surface area contributed by atoms with Crippen molar-refractivity contribution in [1.29, 1.82) is 0 Å². The first kappa shape index (κ1) is 21.4. The minimum absolute atomic E-state index is 0.0518. The fraction of sp³-hybridized carbons (Fsp3) is 0.118. The molecule has 170 valence electrons. The Morgan fingerprint density at radius 1 is 0.686 bits per heavy atom. The Morgan fingerprint density at radius 3 is 2.11 bits per heavy atom. The lowest BCUT2D eigenvalue weighted by Crippen LogP contribution is -2.17. The molecule has 0 amide bonds. The van der Waals surface area contributed by atoms with Crippen molar-refractivity contribution in [3.05, 3.63) is 132 Å². The van der Waals surface area contributed by atoms with Crippen molar-refractivity contribution in [2.24, 2.45) is 0 Å². The van der Waals surface area contributed by atoms with E-state index in [2.05, 4.69) is 135 Å². The smallest absolute Gasteiger partial charge is 0.0540 e. The summed E-state index contributed by atoms with van der Waals surface area (Å²) >= 11 is 0. The van der Waals surface area contributed by atoms with Crippen LogP contribution in [0.3, 0.4) is 0 Å². The van der Waals surface area contributed by atoms with Crippen LogP contribution in [-0.2, 0) is 5.41 Å². The summed E-state index contributed by atoms with van der Waals surface area (Å²) in [6.07, 6.45) is 1.89. The second-order valence-electron chi connectivity index (χ2n) is 10.0. The van der Waals surface area contributed by atoms with Gasteiger partial charge in [-0.15, -0.1) is 0 Å². The van der Waals surface area contributed by atoms with Crippen LogP contribution in [0.5, 0.6) is 0 Å². The van der Waals surface area contributed by atoms with Gasteiger partial charge in [-0.25, -0.2) is 0 Å². The number of hydrogen-bond acceptors (Lipinski definition) is 1. The van der Waals surface area contributed by atoms with Crippen molar-refractivity contribution < 1.29 is 0 Å². The van der Waals surface area contributed by atoms with E-state index in [1.165, 1.54) is 50.0 Å². The molecule has 0 saturated heterocycles. The van der Waals surface area contributed by atoms with Crippen LogP contribution in [0.15, 0.2) is 110 Å². The third kappa shape index (κ3) is 3.39. The summed E-state index contributed by atoms with van der Waals surface area (Å²) in [6.45, 7) is 10.8. The summed E-state index contributed by atoms with van der Waals surface area (Å²) in [5.74, 6) is 0. The largest absolute Gasteiger partial charge is 0.310 e. The number of nitrogens with zero attached hydrogens (tertiary/aromatic N) is 1. The highest BCUT2D eigenvalue weighted by molar-refractivity contribution is 5.99. The third-order valence-electron chi connectivity index (χ3n) is 7.47. The monoisotopic (exact) mass is 451 g/mol. The zero-order chi connectivity index (χ0) is 24.2. The Balaban J connectivity index is 1.58. The maximum Gasteiger partial charge on any atom is 0.0540 e. The number of aryl methyl sites for hydroxylation is 1. The Hall–Kier alpha value is -4.10. The summed E-state index contributed by atoms with van der Waals surface area (Å²) in [4.78, 5) is 2.39. The zero-order valence-corrected chi connectivity index (χ0v) is 20.5. The fourth-order valence-electron chi connectivity index (χ4n) is 5.57. The molecular weight excluding hydrogens is 422 g/mol. The van der Waals surface area contributed by atoms with Gasteiger partial charge in [0.25, 0.3) is 0 Å². The number of benzene rings is 5. The van der Waals surface area contributed by atoms with Gasteiger partial charge in [0.15, 0.2) is 0 Å². The Morgan fingerprint density at radius 2 is 1.34 bits per heavy atom. The molecule has 35 heavy (non-hydrogen) atoms. The van der Waals surface area contributed by atoms with E-state index in [-0.39, 0.29) is 5.41 Å². The molecule has 0 saturated carbocycles. The minimum atomic E-state index is -0.0518. The molecular formula is C34H29N. The second kappa shape index (κ2) is 7.99. The summed E-state index contributed by atoms with van der Waals surface area (Å²) in [5, 5.41) is 2.48. The van der Waals surface area contributed by atoms with Crippen molar-refractivity contribution in [3.8, 4) is 11.1 Å². The molecule has 6 rings (SSSR count). The van der Waals surface area contributed by atoms with E-state index in [0.29, 0.717) is 0 Å². The van der Waals surface area contributed by atoms with Crippen molar-refractivity contribution in [3.63, 3.8) is 0 Å².